The van der Waals surface area contributed by atoms with E-state index in [-0.39, 0.29) is 0 Å². The van der Waals surface area contributed by atoms with Gasteiger partial charge in [0.25, 0.3) is 0 Å². The van der Waals surface area contributed by atoms with E-state index in [0.29, 0.717) is 22.9 Å². The molecule has 3 rings (SSSR count). The van der Waals surface area contributed by atoms with E-state index in [1.165, 1.54) is 0 Å². The van der Waals surface area contributed by atoms with E-state index in [2.05, 4.69) is 32.0 Å². The van der Waals surface area contributed by atoms with Gasteiger partial charge < -0.3 is 14.5 Å². The van der Waals surface area contributed by atoms with Crippen LogP contribution in [0.15, 0.2) is 34.8 Å². The lowest BCUT2D eigenvalue weighted by atomic mass is 10.1. The number of ether oxygens (including phenoxy) is 2. The first kappa shape index (κ1) is 17.1. The second-order valence-corrected chi connectivity index (χ2v) is 6.36. The van der Waals surface area contributed by atoms with Gasteiger partial charge in [-0.05, 0) is 48.4 Å². The number of rotatable bonds is 4. The van der Waals surface area contributed by atoms with E-state index in [1.807, 2.05) is 37.3 Å². The van der Waals surface area contributed by atoms with E-state index in [4.69, 9.17) is 9.47 Å². The number of allylic oxidation sites excluding steroid dienone is 1. The van der Waals surface area contributed by atoms with Crippen LogP contribution >= 0.6 is 15.9 Å². The molecule has 0 atom stereocenters. The number of hydrogen-bond acceptors (Lipinski definition) is 4. The van der Waals surface area contributed by atoms with Crippen molar-refractivity contribution in [2.24, 2.45) is 0 Å². The van der Waals surface area contributed by atoms with Crippen LogP contribution in [0.4, 0.5) is 0 Å². The van der Waals surface area contributed by atoms with Gasteiger partial charge in [0, 0.05) is 4.47 Å². The molecule has 0 fully saturated rings. The van der Waals surface area contributed by atoms with Crippen LogP contribution in [0.5, 0.6) is 11.5 Å². The minimum absolute atomic E-state index is 0.432. The summed E-state index contributed by atoms with van der Waals surface area (Å²) in [5.74, 6) is 1.74. The van der Waals surface area contributed by atoms with Crippen LogP contribution in [-0.4, -0.2) is 24.2 Å². The number of aromatic nitrogens is 2. The topological polar surface area (TPSA) is 70.9 Å². The van der Waals surface area contributed by atoms with Crippen molar-refractivity contribution in [1.29, 1.82) is 5.26 Å². The quantitative estimate of drug-likeness (QED) is 0.646. The Balaban J connectivity index is 2.09. The molecule has 0 saturated heterocycles. The monoisotopic (exact) mass is 397 g/mol. The van der Waals surface area contributed by atoms with Gasteiger partial charge in [0.1, 0.15) is 11.9 Å². The zero-order valence-electron chi connectivity index (χ0n) is 14.1. The molecule has 0 aliphatic heterocycles. The highest BCUT2D eigenvalue weighted by Crippen LogP contribution is 2.35. The number of nitrogens with one attached hydrogen (secondary N) is 1. The van der Waals surface area contributed by atoms with Crippen LogP contribution in [0.25, 0.3) is 22.7 Å². The first-order valence-electron chi connectivity index (χ1n) is 7.55. The molecule has 0 spiro atoms. The lowest BCUT2D eigenvalue weighted by Crippen LogP contribution is -1.92. The Hall–Kier alpha value is -2.78. The summed E-state index contributed by atoms with van der Waals surface area (Å²) in [5, 5.41) is 9.59. The standard InChI is InChI=1S/C19H16BrN3O2/c1-11-4-5-15-16(6-11)23-19(22-15)13(10-21)7-12-8-17(24-2)18(25-3)9-14(12)20/h4-9H,1-3H3,(H,22,23)/b13-7-. The van der Waals surface area contributed by atoms with Gasteiger partial charge >= 0.3 is 0 Å². The van der Waals surface area contributed by atoms with E-state index >= 15 is 0 Å². The third-order valence-electron chi connectivity index (χ3n) is 3.82. The summed E-state index contributed by atoms with van der Waals surface area (Å²) in [5.41, 5.74) is 4.09. The summed E-state index contributed by atoms with van der Waals surface area (Å²) in [7, 11) is 3.16. The molecule has 1 N–H and O–H groups in total. The largest absolute Gasteiger partial charge is 0.493 e. The molecular formula is C19H16BrN3O2. The minimum atomic E-state index is 0.432. The van der Waals surface area contributed by atoms with Gasteiger partial charge in [-0.3, -0.25) is 0 Å². The molecule has 1 aromatic heterocycles. The van der Waals surface area contributed by atoms with Crippen LogP contribution in [0.3, 0.4) is 0 Å². The molecule has 0 unspecified atom stereocenters. The maximum absolute atomic E-state index is 9.59. The Morgan fingerprint density at radius 2 is 1.92 bits per heavy atom. The highest BCUT2D eigenvalue weighted by atomic mass is 79.9. The number of aromatic amines is 1. The van der Waals surface area contributed by atoms with Gasteiger partial charge in [-0.1, -0.05) is 22.0 Å². The van der Waals surface area contributed by atoms with Crippen molar-refractivity contribution >= 4 is 38.6 Å². The van der Waals surface area contributed by atoms with Gasteiger partial charge in [-0.2, -0.15) is 5.26 Å². The number of fused-ring (bicyclic) bond motifs is 1. The molecule has 6 heteroatoms. The Morgan fingerprint density at radius 3 is 2.60 bits per heavy atom. The number of methoxy groups -OCH3 is 2. The third-order valence-corrected chi connectivity index (χ3v) is 4.50. The van der Waals surface area contributed by atoms with Crippen molar-refractivity contribution in [2.75, 3.05) is 14.2 Å². The van der Waals surface area contributed by atoms with Crippen molar-refractivity contribution in [3.8, 4) is 17.6 Å². The fourth-order valence-electron chi connectivity index (χ4n) is 2.54. The van der Waals surface area contributed by atoms with Gasteiger partial charge in [0.2, 0.25) is 0 Å². The predicted molar refractivity (Wildman–Crippen MR) is 102 cm³/mol. The molecule has 0 aliphatic carbocycles. The highest BCUT2D eigenvalue weighted by Gasteiger charge is 2.12. The second kappa shape index (κ2) is 6.99. The number of hydrogen-bond donors (Lipinski definition) is 1. The molecule has 0 amide bonds. The summed E-state index contributed by atoms with van der Waals surface area (Å²) >= 11 is 3.51. The average Bonchev–Trinajstić information content (AvgIpc) is 3.03. The molecule has 25 heavy (non-hydrogen) atoms. The molecule has 0 saturated carbocycles. The Bertz CT molecular complexity index is 1020. The molecular weight excluding hydrogens is 382 g/mol. The van der Waals surface area contributed by atoms with Gasteiger partial charge in [-0.25, -0.2) is 4.98 Å². The Labute approximate surface area is 154 Å². The first-order valence-corrected chi connectivity index (χ1v) is 8.35. The van der Waals surface area contributed by atoms with E-state index in [0.717, 1.165) is 26.6 Å². The normalized spacial score (nSPS) is 11.4. The maximum atomic E-state index is 9.59. The number of halogens is 1. The molecule has 5 nitrogen and oxygen atoms in total. The average molecular weight is 398 g/mol. The fourth-order valence-corrected chi connectivity index (χ4v) is 2.98. The Morgan fingerprint density at radius 1 is 1.20 bits per heavy atom. The van der Waals surface area contributed by atoms with Crippen molar-refractivity contribution in [2.45, 2.75) is 6.92 Å². The first-order chi connectivity index (χ1) is 12.0. The molecule has 3 aromatic rings. The number of aryl methyl sites for hydroxylation is 1. The van der Waals surface area contributed by atoms with Crippen molar-refractivity contribution < 1.29 is 9.47 Å². The number of nitrogens with zero attached hydrogens (tertiary/aromatic N) is 2. The van der Waals surface area contributed by atoms with Gasteiger partial charge in [0.15, 0.2) is 11.5 Å². The minimum Gasteiger partial charge on any atom is -0.493 e. The number of H-pyrrole nitrogens is 1. The van der Waals surface area contributed by atoms with Crippen LogP contribution in [-0.2, 0) is 0 Å². The summed E-state index contributed by atoms with van der Waals surface area (Å²) in [6, 6.07) is 11.8. The molecule has 0 aliphatic rings. The fraction of sp³-hybridized carbons (Fsp3) is 0.158. The predicted octanol–water partition coefficient (Wildman–Crippen LogP) is 4.72. The molecule has 1 heterocycles. The smallest absolute Gasteiger partial charge is 0.161 e. The highest BCUT2D eigenvalue weighted by molar-refractivity contribution is 9.10. The van der Waals surface area contributed by atoms with Crippen molar-refractivity contribution in [1.82, 2.24) is 9.97 Å². The van der Waals surface area contributed by atoms with Crippen molar-refractivity contribution in [3.05, 3.63) is 51.8 Å². The zero-order valence-corrected chi connectivity index (χ0v) is 15.6. The molecule has 126 valence electrons. The summed E-state index contributed by atoms with van der Waals surface area (Å²) < 4.78 is 11.4. The number of imidazole rings is 1. The summed E-state index contributed by atoms with van der Waals surface area (Å²) in [4.78, 5) is 7.71. The van der Waals surface area contributed by atoms with Crippen LogP contribution in [0, 0.1) is 18.3 Å². The van der Waals surface area contributed by atoms with Crippen molar-refractivity contribution in [3.63, 3.8) is 0 Å². The van der Waals surface area contributed by atoms with E-state index < -0.39 is 0 Å². The van der Waals surface area contributed by atoms with Crippen LogP contribution in [0.1, 0.15) is 17.0 Å². The van der Waals surface area contributed by atoms with E-state index in [1.54, 1.807) is 20.3 Å². The molecule has 2 aromatic carbocycles. The van der Waals surface area contributed by atoms with Crippen LogP contribution < -0.4 is 9.47 Å². The van der Waals surface area contributed by atoms with Gasteiger partial charge in [0.05, 0.1) is 30.8 Å². The van der Waals surface area contributed by atoms with Gasteiger partial charge in [-0.15, -0.1) is 0 Å². The second-order valence-electron chi connectivity index (χ2n) is 5.50. The zero-order chi connectivity index (χ0) is 18.0. The summed E-state index contributed by atoms with van der Waals surface area (Å²) in [6.07, 6.45) is 1.76. The Kier molecular flexibility index (Phi) is 4.77. The molecule has 0 radical (unpaired) electrons. The SMILES string of the molecule is COc1cc(Br)c(/C=C(/C#N)c2nc3ccc(C)cc3[nH]2)cc1OC. The third kappa shape index (κ3) is 3.37. The van der Waals surface area contributed by atoms with Crippen LogP contribution in [0.2, 0.25) is 0 Å². The lowest BCUT2D eigenvalue weighted by molar-refractivity contribution is 0.354. The summed E-state index contributed by atoms with van der Waals surface area (Å²) in [6.45, 7) is 2.02. The molecule has 0 bridgehead atoms. The number of benzene rings is 2. The maximum Gasteiger partial charge on any atom is 0.161 e. The van der Waals surface area contributed by atoms with E-state index in [9.17, 15) is 5.26 Å². The number of nitriles is 1. The lowest BCUT2D eigenvalue weighted by Gasteiger charge is -2.10.